The van der Waals surface area contributed by atoms with Gasteiger partial charge in [0.15, 0.2) is 0 Å². The molecule has 0 radical (unpaired) electrons. The Kier molecular flexibility index (Phi) is 6.39. The molecular weight excluding hydrogens is 414 g/mol. The second-order valence-corrected chi connectivity index (χ2v) is 6.97. The first kappa shape index (κ1) is 22.4. The van der Waals surface area contributed by atoms with E-state index < -0.39 is 23.5 Å². The minimum absolute atomic E-state index is 0.637. The lowest BCUT2D eigenvalue weighted by Crippen LogP contribution is -2.03. The molecule has 0 nitrogen and oxygen atoms in total. The average molecular weight is 432 g/mol. The van der Waals surface area contributed by atoms with Gasteiger partial charge in [0.05, 0.1) is 11.1 Å². The Balaban J connectivity index is 1.77. The van der Waals surface area contributed by atoms with E-state index in [9.17, 15) is 26.3 Å². The first-order chi connectivity index (χ1) is 14.5. The molecule has 0 aliphatic heterocycles. The molecule has 0 saturated heterocycles. The predicted molar refractivity (Wildman–Crippen MR) is 112 cm³/mol. The molecule has 160 valence electrons. The van der Waals surface area contributed by atoms with Crippen LogP contribution in [0.3, 0.4) is 0 Å². The van der Waals surface area contributed by atoms with Crippen molar-refractivity contribution < 1.29 is 26.3 Å². The van der Waals surface area contributed by atoms with Crippen LogP contribution in [-0.2, 0) is 12.4 Å². The largest absolute Gasteiger partial charge is 0.416 e. The smallest absolute Gasteiger partial charge is 0.166 e. The Hall–Kier alpha value is -3.28. The highest BCUT2D eigenvalue weighted by molar-refractivity contribution is 5.77. The van der Waals surface area contributed by atoms with Gasteiger partial charge in [0.2, 0.25) is 0 Å². The van der Waals surface area contributed by atoms with Crippen molar-refractivity contribution in [2.45, 2.75) is 19.3 Å². The van der Waals surface area contributed by atoms with E-state index in [1.54, 1.807) is 12.2 Å². The second-order valence-electron chi connectivity index (χ2n) is 6.97. The van der Waals surface area contributed by atoms with Crippen molar-refractivity contribution in [3.63, 3.8) is 0 Å². The second kappa shape index (κ2) is 8.84. The van der Waals surface area contributed by atoms with Crippen molar-refractivity contribution in [2.24, 2.45) is 0 Å². The van der Waals surface area contributed by atoms with Gasteiger partial charge >= 0.3 is 12.4 Å². The zero-order chi connectivity index (χ0) is 22.6. The Morgan fingerprint density at radius 3 is 1.19 bits per heavy atom. The minimum Gasteiger partial charge on any atom is -0.166 e. The minimum atomic E-state index is -4.37. The van der Waals surface area contributed by atoms with Crippen molar-refractivity contribution in [2.75, 3.05) is 0 Å². The lowest BCUT2D eigenvalue weighted by Gasteiger charge is -2.07. The van der Waals surface area contributed by atoms with Gasteiger partial charge in [-0.2, -0.15) is 26.3 Å². The van der Waals surface area contributed by atoms with Gasteiger partial charge in [-0.25, -0.2) is 0 Å². The fourth-order valence-electron chi connectivity index (χ4n) is 2.97. The summed E-state index contributed by atoms with van der Waals surface area (Å²) in [5, 5.41) is 0. The van der Waals surface area contributed by atoms with Crippen molar-refractivity contribution >= 4 is 24.3 Å². The van der Waals surface area contributed by atoms with Crippen molar-refractivity contribution in [3.8, 4) is 0 Å². The van der Waals surface area contributed by atoms with Crippen LogP contribution < -0.4 is 0 Å². The number of rotatable bonds is 4. The lowest BCUT2D eigenvalue weighted by molar-refractivity contribution is -0.138. The first-order valence-electron chi connectivity index (χ1n) is 9.34. The van der Waals surface area contributed by atoms with Crippen LogP contribution in [0.2, 0.25) is 0 Å². The number of benzene rings is 3. The summed E-state index contributed by atoms with van der Waals surface area (Å²) in [7, 11) is 0. The highest BCUT2D eigenvalue weighted by Gasteiger charge is 2.30. The SMILES string of the molecule is Cc1c(/C=C/c2ccc(C(F)(F)F)cc2)cccc1/C=C/c1ccc(C(F)(F)F)cc1. The molecule has 3 aromatic carbocycles. The van der Waals surface area contributed by atoms with Crippen molar-refractivity contribution in [3.05, 3.63) is 106 Å². The molecular formula is C25H18F6. The van der Waals surface area contributed by atoms with Gasteiger partial charge in [0.25, 0.3) is 0 Å². The average Bonchev–Trinajstić information content (AvgIpc) is 2.71. The van der Waals surface area contributed by atoms with Gasteiger partial charge in [-0.05, 0) is 59.0 Å². The summed E-state index contributed by atoms with van der Waals surface area (Å²) in [6, 6.07) is 15.4. The molecule has 0 unspecified atom stereocenters. The van der Waals surface area contributed by atoms with Crippen LogP contribution in [-0.4, -0.2) is 0 Å². The molecule has 0 amide bonds. The molecule has 0 heterocycles. The van der Waals surface area contributed by atoms with E-state index in [-0.39, 0.29) is 0 Å². The summed E-state index contributed by atoms with van der Waals surface area (Å²) in [5.74, 6) is 0. The number of hydrogen-bond acceptors (Lipinski definition) is 0. The molecule has 0 aliphatic rings. The lowest BCUT2D eigenvalue weighted by atomic mass is 10.00. The number of hydrogen-bond donors (Lipinski definition) is 0. The summed E-state index contributed by atoms with van der Waals surface area (Å²) in [4.78, 5) is 0. The Bertz CT molecular complexity index is 997. The first-order valence-corrected chi connectivity index (χ1v) is 9.34. The van der Waals surface area contributed by atoms with Gasteiger partial charge in [-0.15, -0.1) is 0 Å². The zero-order valence-electron chi connectivity index (χ0n) is 16.4. The molecule has 0 spiro atoms. The van der Waals surface area contributed by atoms with E-state index in [1.807, 2.05) is 37.3 Å². The van der Waals surface area contributed by atoms with E-state index in [0.29, 0.717) is 11.1 Å². The molecule has 0 saturated carbocycles. The quantitative estimate of drug-likeness (QED) is 0.287. The van der Waals surface area contributed by atoms with E-state index in [2.05, 4.69) is 0 Å². The van der Waals surface area contributed by atoms with Gasteiger partial charge < -0.3 is 0 Å². The van der Waals surface area contributed by atoms with Crippen molar-refractivity contribution in [1.82, 2.24) is 0 Å². The summed E-state index contributed by atoms with van der Waals surface area (Å²) in [6.07, 6.45) is -1.66. The third kappa shape index (κ3) is 5.87. The molecule has 0 fully saturated rings. The topological polar surface area (TPSA) is 0 Å². The molecule has 6 heteroatoms. The third-order valence-corrected chi connectivity index (χ3v) is 4.80. The third-order valence-electron chi connectivity index (χ3n) is 4.80. The molecule has 3 aromatic rings. The highest BCUT2D eigenvalue weighted by Crippen LogP contribution is 2.30. The summed E-state index contributed by atoms with van der Waals surface area (Å²) in [6.45, 7) is 1.90. The molecule has 0 atom stereocenters. The fourth-order valence-corrected chi connectivity index (χ4v) is 2.97. The van der Waals surface area contributed by atoms with Crippen LogP contribution in [0.1, 0.15) is 38.9 Å². The van der Waals surface area contributed by atoms with Gasteiger partial charge in [-0.1, -0.05) is 66.8 Å². The van der Waals surface area contributed by atoms with E-state index >= 15 is 0 Å². The standard InChI is InChI=1S/C25H18F6/c1-17-20(11-5-18-7-13-22(14-8-18)24(26,27)28)3-2-4-21(17)12-6-19-9-15-23(16-10-19)25(29,30)31/h2-16H,1H3/b11-5+,12-6+. The van der Waals surface area contributed by atoms with Crippen LogP contribution in [0, 0.1) is 6.92 Å². The normalized spacial score (nSPS) is 12.7. The Morgan fingerprint density at radius 1 is 0.516 bits per heavy atom. The van der Waals surface area contributed by atoms with Crippen LogP contribution in [0.25, 0.3) is 24.3 Å². The molecule has 3 rings (SSSR count). The maximum Gasteiger partial charge on any atom is 0.416 e. The summed E-state index contributed by atoms with van der Waals surface area (Å²) < 4.78 is 76.0. The maximum absolute atomic E-state index is 12.7. The Morgan fingerprint density at radius 2 is 0.871 bits per heavy atom. The van der Waals surface area contributed by atoms with Gasteiger partial charge in [0.1, 0.15) is 0 Å². The van der Waals surface area contributed by atoms with Crippen LogP contribution in [0.4, 0.5) is 26.3 Å². The molecule has 0 aliphatic carbocycles. The van der Waals surface area contributed by atoms with Crippen LogP contribution >= 0.6 is 0 Å². The van der Waals surface area contributed by atoms with Gasteiger partial charge in [0, 0.05) is 0 Å². The summed E-state index contributed by atoms with van der Waals surface area (Å²) in [5.41, 5.74) is 2.58. The number of halogens is 6. The molecule has 31 heavy (non-hydrogen) atoms. The molecule has 0 N–H and O–H groups in total. The highest BCUT2D eigenvalue weighted by atomic mass is 19.4. The van der Waals surface area contributed by atoms with E-state index in [1.165, 1.54) is 24.3 Å². The monoisotopic (exact) mass is 432 g/mol. The van der Waals surface area contributed by atoms with E-state index in [0.717, 1.165) is 41.0 Å². The fraction of sp³-hybridized carbons (Fsp3) is 0.120. The summed E-state index contributed by atoms with van der Waals surface area (Å²) >= 11 is 0. The molecule has 0 bridgehead atoms. The Labute approximate surface area is 176 Å². The van der Waals surface area contributed by atoms with Crippen molar-refractivity contribution in [1.29, 1.82) is 0 Å². The van der Waals surface area contributed by atoms with Crippen LogP contribution in [0.15, 0.2) is 66.7 Å². The van der Waals surface area contributed by atoms with Crippen LogP contribution in [0.5, 0.6) is 0 Å². The van der Waals surface area contributed by atoms with E-state index in [4.69, 9.17) is 0 Å². The maximum atomic E-state index is 12.7. The predicted octanol–water partition coefficient (Wildman–Crippen LogP) is 8.37. The molecule has 0 aromatic heterocycles. The van der Waals surface area contributed by atoms with Gasteiger partial charge in [-0.3, -0.25) is 0 Å². The number of alkyl halides is 6. The zero-order valence-corrected chi connectivity index (χ0v) is 16.4.